The molecule has 0 aliphatic carbocycles. The summed E-state index contributed by atoms with van der Waals surface area (Å²) in [4.78, 5) is 9.71. The Morgan fingerprint density at radius 2 is 1.26 bits per heavy atom. The molecule has 5 nitrogen and oxygen atoms in total. The van der Waals surface area contributed by atoms with Crippen molar-refractivity contribution in [3.8, 4) is 34.0 Å². The van der Waals surface area contributed by atoms with Crippen LogP contribution in [0.4, 0.5) is 5.82 Å². The fourth-order valence-electron chi connectivity index (χ4n) is 3.89. The van der Waals surface area contributed by atoms with Gasteiger partial charge in [0, 0.05) is 17.7 Å². The Morgan fingerprint density at radius 3 is 1.94 bits per heavy atom. The maximum Gasteiger partial charge on any atom is 0.201 e. The van der Waals surface area contributed by atoms with Crippen LogP contribution in [-0.4, -0.2) is 26.7 Å². The summed E-state index contributed by atoms with van der Waals surface area (Å²) in [6.45, 7) is 4.94. The van der Waals surface area contributed by atoms with Crippen molar-refractivity contribution in [2.24, 2.45) is 0 Å². The quantitative estimate of drug-likeness (QED) is 0.301. The van der Waals surface area contributed by atoms with Gasteiger partial charge in [-0.1, -0.05) is 96.1 Å². The molecule has 0 spiro atoms. The predicted molar refractivity (Wildman–Crippen MR) is 142 cm³/mol. The first-order valence-electron chi connectivity index (χ1n) is 11.8. The van der Waals surface area contributed by atoms with Gasteiger partial charge < -0.3 is 5.32 Å². The Bertz CT molecular complexity index is 1410. The van der Waals surface area contributed by atoms with Crippen molar-refractivity contribution in [2.45, 2.75) is 20.3 Å². The molecule has 0 saturated carbocycles. The molecule has 0 unspecified atom stereocenters. The molecule has 1 N–H and O–H groups in total. The Labute approximate surface area is 206 Å². The molecule has 0 aliphatic rings. The second-order valence-electron chi connectivity index (χ2n) is 8.64. The van der Waals surface area contributed by atoms with Crippen molar-refractivity contribution in [2.75, 3.05) is 11.9 Å². The maximum absolute atomic E-state index is 4.95. The summed E-state index contributed by atoms with van der Waals surface area (Å²) >= 11 is 0. The SMILES string of the molecule is Cc1ccc(-c2nnc(-c3cccc(NCCc4ccccc4)n3)nc2-c2ccc(C)cc2)cc1. The maximum atomic E-state index is 4.95. The zero-order valence-corrected chi connectivity index (χ0v) is 19.9. The lowest BCUT2D eigenvalue weighted by Gasteiger charge is -2.11. The number of rotatable bonds is 7. The molecular formula is C30H27N5. The van der Waals surface area contributed by atoms with Crippen LogP contribution in [0.1, 0.15) is 16.7 Å². The summed E-state index contributed by atoms with van der Waals surface area (Å²) in [5, 5.41) is 12.5. The van der Waals surface area contributed by atoms with Crippen LogP contribution in [0.3, 0.4) is 0 Å². The molecule has 0 aliphatic heterocycles. The van der Waals surface area contributed by atoms with E-state index in [2.05, 4.69) is 102 Å². The minimum atomic E-state index is 0.503. The first-order chi connectivity index (χ1) is 17.2. The lowest BCUT2D eigenvalue weighted by Crippen LogP contribution is -2.07. The van der Waals surface area contributed by atoms with Gasteiger partial charge in [0.25, 0.3) is 0 Å². The second kappa shape index (κ2) is 10.3. The molecule has 0 fully saturated rings. The minimum Gasteiger partial charge on any atom is -0.370 e. The monoisotopic (exact) mass is 457 g/mol. The van der Waals surface area contributed by atoms with Crippen molar-refractivity contribution in [1.29, 1.82) is 0 Å². The lowest BCUT2D eigenvalue weighted by molar-refractivity contribution is 0.975. The van der Waals surface area contributed by atoms with Gasteiger partial charge >= 0.3 is 0 Å². The molecule has 0 saturated heterocycles. The van der Waals surface area contributed by atoms with Gasteiger partial charge in [-0.15, -0.1) is 10.2 Å². The van der Waals surface area contributed by atoms with Crippen LogP contribution in [0.2, 0.25) is 0 Å². The minimum absolute atomic E-state index is 0.503. The third-order valence-electron chi connectivity index (χ3n) is 5.88. The van der Waals surface area contributed by atoms with E-state index in [0.29, 0.717) is 11.5 Å². The molecular weight excluding hydrogens is 430 g/mol. The zero-order chi connectivity index (χ0) is 24.0. The van der Waals surface area contributed by atoms with Crippen LogP contribution in [-0.2, 0) is 6.42 Å². The molecule has 2 heterocycles. The van der Waals surface area contributed by atoms with Crippen LogP contribution in [0, 0.1) is 13.8 Å². The number of nitrogens with one attached hydrogen (secondary N) is 1. The van der Waals surface area contributed by atoms with E-state index in [4.69, 9.17) is 9.97 Å². The van der Waals surface area contributed by atoms with Crippen LogP contribution in [0.15, 0.2) is 97.1 Å². The standard InChI is InChI=1S/C30H27N5/c1-21-11-15-24(16-12-21)28-29(25-17-13-22(2)14-18-25)34-35-30(33-28)26-9-6-10-27(32-26)31-20-19-23-7-4-3-5-8-23/h3-18H,19-20H2,1-2H3,(H,31,32). The fraction of sp³-hybridized carbons (Fsp3) is 0.133. The van der Waals surface area contributed by atoms with Crippen molar-refractivity contribution in [3.05, 3.63) is 114 Å². The van der Waals surface area contributed by atoms with Gasteiger partial charge in [-0.3, -0.25) is 0 Å². The molecule has 0 radical (unpaired) electrons. The number of hydrogen-bond acceptors (Lipinski definition) is 5. The average molecular weight is 458 g/mol. The number of hydrogen-bond donors (Lipinski definition) is 1. The molecule has 2 aromatic heterocycles. The van der Waals surface area contributed by atoms with Gasteiger partial charge in [-0.2, -0.15) is 0 Å². The number of benzene rings is 3. The molecule has 5 aromatic rings. The highest BCUT2D eigenvalue weighted by Gasteiger charge is 2.15. The van der Waals surface area contributed by atoms with Gasteiger partial charge in [0.05, 0.1) is 0 Å². The molecule has 172 valence electrons. The number of pyridine rings is 1. The van der Waals surface area contributed by atoms with Gasteiger partial charge in [-0.25, -0.2) is 9.97 Å². The number of aromatic nitrogens is 4. The largest absolute Gasteiger partial charge is 0.370 e. The Hall–Kier alpha value is -4.38. The van der Waals surface area contributed by atoms with E-state index in [0.717, 1.165) is 41.3 Å². The van der Waals surface area contributed by atoms with Crippen molar-refractivity contribution >= 4 is 5.82 Å². The fourth-order valence-corrected chi connectivity index (χ4v) is 3.89. The third-order valence-corrected chi connectivity index (χ3v) is 5.88. The van der Waals surface area contributed by atoms with Crippen molar-refractivity contribution in [1.82, 2.24) is 20.2 Å². The summed E-state index contributed by atoms with van der Waals surface area (Å²) in [6.07, 6.45) is 0.924. The van der Waals surface area contributed by atoms with Crippen LogP contribution < -0.4 is 5.32 Å². The zero-order valence-electron chi connectivity index (χ0n) is 19.9. The first kappa shape index (κ1) is 22.4. The van der Waals surface area contributed by atoms with Crippen LogP contribution in [0.25, 0.3) is 34.0 Å². The summed E-state index contributed by atoms with van der Waals surface area (Å²) in [5.74, 6) is 1.30. The average Bonchev–Trinajstić information content (AvgIpc) is 2.90. The van der Waals surface area contributed by atoms with E-state index in [9.17, 15) is 0 Å². The lowest BCUT2D eigenvalue weighted by atomic mass is 10.0. The predicted octanol–water partition coefficient (Wildman–Crippen LogP) is 6.54. The Balaban J connectivity index is 1.46. The summed E-state index contributed by atoms with van der Waals surface area (Å²) in [6, 6.07) is 32.9. The molecule has 3 aromatic carbocycles. The normalized spacial score (nSPS) is 10.8. The summed E-state index contributed by atoms with van der Waals surface area (Å²) < 4.78 is 0. The van der Waals surface area contributed by atoms with E-state index in [1.165, 1.54) is 16.7 Å². The van der Waals surface area contributed by atoms with Gasteiger partial charge in [0.1, 0.15) is 22.9 Å². The van der Waals surface area contributed by atoms with Crippen molar-refractivity contribution in [3.63, 3.8) is 0 Å². The molecule has 0 atom stereocenters. The van der Waals surface area contributed by atoms with Crippen LogP contribution in [0.5, 0.6) is 0 Å². The Kier molecular flexibility index (Phi) is 6.57. The molecule has 5 heteroatoms. The van der Waals surface area contributed by atoms with Gasteiger partial charge in [-0.05, 0) is 38.0 Å². The Morgan fingerprint density at radius 1 is 0.600 bits per heavy atom. The van der Waals surface area contributed by atoms with E-state index in [1.54, 1.807) is 0 Å². The van der Waals surface area contributed by atoms with Crippen LogP contribution >= 0.6 is 0 Å². The smallest absolute Gasteiger partial charge is 0.201 e. The first-order valence-corrected chi connectivity index (χ1v) is 11.8. The van der Waals surface area contributed by atoms with E-state index >= 15 is 0 Å². The molecule has 5 rings (SSSR count). The number of nitrogens with zero attached hydrogens (tertiary/aromatic N) is 4. The van der Waals surface area contributed by atoms with E-state index in [1.807, 2.05) is 24.3 Å². The van der Waals surface area contributed by atoms with Gasteiger partial charge in [0.2, 0.25) is 5.82 Å². The van der Waals surface area contributed by atoms with Crippen molar-refractivity contribution < 1.29 is 0 Å². The third kappa shape index (κ3) is 5.41. The number of anilines is 1. The highest BCUT2D eigenvalue weighted by atomic mass is 15.2. The summed E-state index contributed by atoms with van der Waals surface area (Å²) in [5.41, 5.74) is 7.91. The number of aryl methyl sites for hydroxylation is 2. The molecule has 35 heavy (non-hydrogen) atoms. The highest BCUT2D eigenvalue weighted by molar-refractivity contribution is 5.78. The highest BCUT2D eigenvalue weighted by Crippen LogP contribution is 2.30. The molecule has 0 bridgehead atoms. The summed E-state index contributed by atoms with van der Waals surface area (Å²) in [7, 11) is 0. The second-order valence-corrected chi connectivity index (χ2v) is 8.64. The van der Waals surface area contributed by atoms with Gasteiger partial charge in [0.15, 0.2) is 0 Å². The van der Waals surface area contributed by atoms with E-state index in [-0.39, 0.29) is 0 Å². The topological polar surface area (TPSA) is 63.6 Å². The molecule has 0 amide bonds. The van der Waals surface area contributed by atoms with E-state index < -0.39 is 0 Å².